The van der Waals surface area contributed by atoms with E-state index in [0.717, 1.165) is 0 Å². The van der Waals surface area contributed by atoms with Crippen LogP contribution >= 0.6 is 15.9 Å². The fourth-order valence-corrected chi connectivity index (χ4v) is 2.66. The van der Waals surface area contributed by atoms with Crippen molar-refractivity contribution in [1.29, 1.82) is 0 Å². The highest BCUT2D eigenvalue weighted by atomic mass is 79.9. The molecule has 0 amide bonds. The minimum Gasteiger partial charge on any atom is -0.349 e. The van der Waals surface area contributed by atoms with Gasteiger partial charge in [-0.1, -0.05) is 6.07 Å². The molecular weight excluding hydrogens is 226 g/mol. The van der Waals surface area contributed by atoms with Crippen LogP contribution in [0.5, 0.6) is 0 Å². The van der Waals surface area contributed by atoms with E-state index in [9.17, 15) is 0 Å². The molecule has 0 fully saturated rings. The van der Waals surface area contributed by atoms with E-state index in [1.54, 1.807) is 0 Å². The van der Waals surface area contributed by atoms with Crippen LogP contribution in [0.4, 0.5) is 0 Å². The van der Waals surface area contributed by atoms with Crippen molar-refractivity contribution in [2.45, 2.75) is 13.8 Å². The maximum Gasteiger partial charge on any atom is 0.0494 e. The van der Waals surface area contributed by atoms with Crippen molar-refractivity contribution < 1.29 is 0 Å². The highest BCUT2D eigenvalue weighted by molar-refractivity contribution is 9.10. The van der Waals surface area contributed by atoms with Crippen molar-refractivity contribution in [1.82, 2.24) is 4.57 Å². The molecule has 1 aromatic heterocycles. The van der Waals surface area contributed by atoms with Gasteiger partial charge < -0.3 is 4.57 Å². The van der Waals surface area contributed by atoms with Gasteiger partial charge in [-0.3, -0.25) is 0 Å². The molecular formula is C11H12BrN. The molecule has 1 aromatic carbocycles. The zero-order valence-electron chi connectivity index (χ0n) is 8.06. The van der Waals surface area contributed by atoms with E-state index in [2.05, 4.69) is 59.7 Å². The Hall–Kier alpha value is -0.760. The molecule has 68 valence electrons. The summed E-state index contributed by atoms with van der Waals surface area (Å²) >= 11 is 3.57. The SMILES string of the molecule is Cc1cc(C)c2c(Br)cn(C)c2c1. The first-order valence-corrected chi connectivity index (χ1v) is 5.10. The van der Waals surface area contributed by atoms with Crippen LogP contribution in [0.2, 0.25) is 0 Å². The average Bonchev–Trinajstić information content (AvgIpc) is 2.27. The van der Waals surface area contributed by atoms with Crippen molar-refractivity contribution in [3.05, 3.63) is 33.9 Å². The minimum absolute atomic E-state index is 1.18. The van der Waals surface area contributed by atoms with Crippen molar-refractivity contribution in [3.63, 3.8) is 0 Å². The first kappa shape index (κ1) is 8.82. The zero-order valence-corrected chi connectivity index (χ0v) is 9.64. The molecule has 0 atom stereocenters. The number of aromatic nitrogens is 1. The molecule has 2 rings (SSSR count). The van der Waals surface area contributed by atoms with Crippen LogP contribution in [-0.2, 0) is 7.05 Å². The van der Waals surface area contributed by atoms with Gasteiger partial charge in [0.2, 0.25) is 0 Å². The molecule has 0 saturated heterocycles. The first-order chi connectivity index (χ1) is 6.09. The molecule has 0 radical (unpaired) electrons. The summed E-state index contributed by atoms with van der Waals surface area (Å²) in [5.74, 6) is 0. The normalized spacial score (nSPS) is 11.1. The summed E-state index contributed by atoms with van der Waals surface area (Å²) in [5.41, 5.74) is 3.95. The van der Waals surface area contributed by atoms with Gasteiger partial charge in [0.05, 0.1) is 0 Å². The van der Waals surface area contributed by atoms with Crippen molar-refractivity contribution in [2.75, 3.05) is 0 Å². The van der Waals surface area contributed by atoms with E-state index in [1.807, 2.05) is 0 Å². The lowest BCUT2D eigenvalue weighted by atomic mass is 10.1. The van der Waals surface area contributed by atoms with E-state index < -0.39 is 0 Å². The number of hydrogen-bond donors (Lipinski definition) is 0. The number of rotatable bonds is 0. The summed E-state index contributed by atoms with van der Waals surface area (Å²) in [5, 5.41) is 1.33. The number of benzene rings is 1. The number of halogens is 1. The Morgan fingerprint density at radius 2 is 1.92 bits per heavy atom. The lowest BCUT2D eigenvalue weighted by Crippen LogP contribution is -1.85. The van der Waals surface area contributed by atoms with Crippen molar-refractivity contribution in [3.8, 4) is 0 Å². The first-order valence-electron chi connectivity index (χ1n) is 4.31. The van der Waals surface area contributed by atoms with E-state index >= 15 is 0 Å². The number of aryl methyl sites for hydroxylation is 3. The molecule has 1 nitrogen and oxygen atoms in total. The van der Waals surface area contributed by atoms with Crippen molar-refractivity contribution >= 4 is 26.8 Å². The Labute approximate surface area is 86.5 Å². The molecule has 0 unspecified atom stereocenters. The fourth-order valence-electron chi connectivity index (χ4n) is 1.84. The molecule has 0 aliphatic carbocycles. The van der Waals surface area contributed by atoms with E-state index in [0.29, 0.717) is 0 Å². The number of hydrogen-bond acceptors (Lipinski definition) is 0. The molecule has 2 heteroatoms. The second-order valence-electron chi connectivity index (χ2n) is 3.56. The largest absolute Gasteiger partial charge is 0.349 e. The lowest BCUT2D eigenvalue weighted by Gasteiger charge is -2.01. The van der Waals surface area contributed by atoms with Gasteiger partial charge in [-0.2, -0.15) is 0 Å². The molecule has 2 aromatic rings. The maximum atomic E-state index is 3.57. The minimum atomic E-state index is 1.18. The van der Waals surface area contributed by atoms with Crippen LogP contribution in [0.1, 0.15) is 11.1 Å². The number of fused-ring (bicyclic) bond motifs is 1. The summed E-state index contributed by atoms with van der Waals surface area (Å²) in [6.07, 6.45) is 2.11. The predicted molar refractivity (Wildman–Crippen MR) is 60.1 cm³/mol. The maximum absolute atomic E-state index is 3.57. The zero-order chi connectivity index (χ0) is 9.59. The highest BCUT2D eigenvalue weighted by Crippen LogP contribution is 2.29. The fraction of sp³-hybridized carbons (Fsp3) is 0.273. The van der Waals surface area contributed by atoms with Gasteiger partial charge in [-0.05, 0) is 47.0 Å². The van der Waals surface area contributed by atoms with Crippen LogP contribution < -0.4 is 0 Å². The standard InChI is InChI=1S/C11H12BrN/c1-7-4-8(2)11-9(12)6-13(3)10(11)5-7/h4-6H,1-3H3. The number of nitrogens with zero attached hydrogens (tertiary/aromatic N) is 1. The topological polar surface area (TPSA) is 4.93 Å². The van der Waals surface area contributed by atoms with Crippen LogP contribution in [0.15, 0.2) is 22.8 Å². The van der Waals surface area contributed by atoms with Gasteiger partial charge in [0, 0.05) is 28.6 Å². The summed E-state index contributed by atoms with van der Waals surface area (Å²) in [4.78, 5) is 0. The van der Waals surface area contributed by atoms with Crippen LogP contribution in [0.3, 0.4) is 0 Å². The third-order valence-corrected chi connectivity index (χ3v) is 2.99. The van der Waals surface area contributed by atoms with E-state index in [4.69, 9.17) is 0 Å². The van der Waals surface area contributed by atoms with Crippen LogP contribution in [0, 0.1) is 13.8 Å². The van der Waals surface area contributed by atoms with Gasteiger partial charge in [0.25, 0.3) is 0 Å². The van der Waals surface area contributed by atoms with Gasteiger partial charge in [0.1, 0.15) is 0 Å². The average molecular weight is 238 g/mol. The Morgan fingerprint density at radius 3 is 2.62 bits per heavy atom. The third kappa shape index (κ3) is 1.29. The molecule has 13 heavy (non-hydrogen) atoms. The summed E-state index contributed by atoms with van der Waals surface area (Å²) in [6.45, 7) is 4.29. The van der Waals surface area contributed by atoms with E-state index in [-0.39, 0.29) is 0 Å². The summed E-state index contributed by atoms with van der Waals surface area (Å²) in [7, 11) is 2.08. The molecule has 0 N–H and O–H groups in total. The molecule has 1 heterocycles. The quantitative estimate of drug-likeness (QED) is 0.661. The Kier molecular flexibility index (Phi) is 1.95. The Morgan fingerprint density at radius 1 is 1.23 bits per heavy atom. The van der Waals surface area contributed by atoms with Gasteiger partial charge >= 0.3 is 0 Å². The molecule has 0 spiro atoms. The smallest absolute Gasteiger partial charge is 0.0494 e. The summed E-state index contributed by atoms with van der Waals surface area (Å²) in [6, 6.07) is 4.43. The molecule has 0 bridgehead atoms. The molecule has 0 aliphatic rings. The Bertz CT molecular complexity index is 468. The monoisotopic (exact) mass is 237 g/mol. The predicted octanol–water partition coefficient (Wildman–Crippen LogP) is 3.56. The second-order valence-corrected chi connectivity index (χ2v) is 4.42. The summed E-state index contributed by atoms with van der Waals surface area (Å²) < 4.78 is 3.34. The second kappa shape index (κ2) is 2.88. The third-order valence-electron chi connectivity index (χ3n) is 2.38. The lowest BCUT2D eigenvalue weighted by molar-refractivity contribution is 0.965. The van der Waals surface area contributed by atoms with Crippen molar-refractivity contribution in [2.24, 2.45) is 7.05 Å². The molecule has 0 aliphatic heterocycles. The highest BCUT2D eigenvalue weighted by Gasteiger charge is 2.06. The van der Waals surface area contributed by atoms with Gasteiger partial charge in [-0.15, -0.1) is 0 Å². The van der Waals surface area contributed by atoms with Crippen LogP contribution in [-0.4, -0.2) is 4.57 Å². The van der Waals surface area contributed by atoms with Gasteiger partial charge in [0.15, 0.2) is 0 Å². The molecule has 0 saturated carbocycles. The Balaban J connectivity index is 2.97. The van der Waals surface area contributed by atoms with Gasteiger partial charge in [-0.25, -0.2) is 0 Å². The van der Waals surface area contributed by atoms with Crippen LogP contribution in [0.25, 0.3) is 10.9 Å². The van der Waals surface area contributed by atoms with E-state index in [1.165, 1.54) is 26.5 Å².